The first-order chi connectivity index (χ1) is 8.28. The second-order valence-corrected chi connectivity index (χ2v) is 6.17. The first kappa shape index (κ1) is 15.0. The first-order valence-electron chi connectivity index (χ1n) is 4.73. The molecular formula is C10H11ClF2O4S. The van der Waals surface area contributed by atoms with Crippen molar-refractivity contribution in [3.8, 4) is 11.5 Å². The van der Waals surface area contributed by atoms with E-state index in [0.717, 1.165) is 6.07 Å². The second-order valence-electron chi connectivity index (χ2n) is 3.39. The Morgan fingerprint density at radius 1 is 1.22 bits per heavy atom. The molecule has 0 atom stereocenters. The highest BCUT2D eigenvalue weighted by atomic mass is 35.7. The monoisotopic (exact) mass is 300 g/mol. The molecule has 18 heavy (non-hydrogen) atoms. The number of halogens is 3. The molecule has 0 aliphatic heterocycles. The van der Waals surface area contributed by atoms with Crippen LogP contribution in [-0.4, -0.2) is 22.6 Å². The summed E-state index contributed by atoms with van der Waals surface area (Å²) >= 11 is 0. The Morgan fingerprint density at radius 2 is 1.72 bits per heavy atom. The molecule has 102 valence electrons. The molecular weight excluding hydrogens is 290 g/mol. The van der Waals surface area contributed by atoms with Crippen molar-refractivity contribution in [2.45, 2.75) is 12.2 Å². The molecule has 1 aromatic carbocycles. The molecule has 1 aromatic rings. The molecule has 8 heteroatoms. The highest BCUT2D eigenvalue weighted by Gasteiger charge is 2.21. The van der Waals surface area contributed by atoms with Gasteiger partial charge in [-0.1, -0.05) is 0 Å². The average Bonchev–Trinajstić information content (AvgIpc) is 2.25. The lowest BCUT2D eigenvalue weighted by Crippen LogP contribution is -2.03. The van der Waals surface area contributed by atoms with Crippen LogP contribution < -0.4 is 9.47 Å². The van der Waals surface area contributed by atoms with Crippen LogP contribution >= 0.6 is 10.7 Å². The van der Waals surface area contributed by atoms with Gasteiger partial charge in [0.25, 0.3) is 6.43 Å². The zero-order valence-corrected chi connectivity index (χ0v) is 11.2. The summed E-state index contributed by atoms with van der Waals surface area (Å²) in [6.07, 6.45) is -2.83. The lowest BCUT2D eigenvalue weighted by Gasteiger charge is -2.13. The number of alkyl halides is 2. The van der Waals surface area contributed by atoms with Crippen LogP contribution in [0, 0.1) is 0 Å². The topological polar surface area (TPSA) is 52.6 Å². The smallest absolute Gasteiger partial charge is 0.264 e. The van der Waals surface area contributed by atoms with Crippen LogP contribution in [0.2, 0.25) is 0 Å². The van der Waals surface area contributed by atoms with E-state index in [0.29, 0.717) is 0 Å². The molecule has 0 bridgehead atoms. The Balaban J connectivity index is 3.38. The Kier molecular flexibility index (Phi) is 4.75. The van der Waals surface area contributed by atoms with E-state index >= 15 is 0 Å². The van der Waals surface area contributed by atoms with Crippen molar-refractivity contribution in [1.82, 2.24) is 0 Å². The summed E-state index contributed by atoms with van der Waals surface area (Å²) in [5.41, 5.74) is -0.561. The minimum atomic E-state index is -3.94. The Hall–Kier alpha value is -1.08. The van der Waals surface area contributed by atoms with E-state index in [-0.39, 0.29) is 17.1 Å². The van der Waals surface area contributed by atoms with E-state index in [9.17, 15) is 17.2 Å². The summed E-state index contributed by atoms with van der Waals surface area (Å²) in [6.45, 7) is 0. The third-order valence-corrected chi connectivity index (χ3v) is 3.19. The number of ether oxygens (including phenoxy) is 2. The van der Waals surface area contributed by atoms with Crippen LogP contribution in [-0.2, 0) is 14.8 Å². The molecule has 0 amide bonds. The van der Waals surface area contributed by atoms with Crippen LogP contribution in [0.5, 0.6) is 11.5 Å². The second kappa shape index (κ2) is 5.71. The minimum Gasteiger partial charge on any atom is -0.493 e. The van der Waals surface area contributed by atoms with Crippen molar-refractivity contribution < 1.29 is 26.7 Å². The predicted octanol–water partition coefficient (Wildman–Crippen LogP) is 2.71. The summed E-state index contributed by atoms with van der Waals surface area (Å²) < 4.78 is 57.4. The lowest BCUT2D eigenvalue weighted by molar-refractivity contribution is 0.150. The molecule has 0 saturated heterocycles. The maximum absolute atomic E-state index is 12.8. The van der Waals surface area contributed by atoms with Gasteiger partial charge in [-0.25, -0.2) is 17.2 Å². The molecule has 0 saturated carbocycles. The van der Waals surface area contributed by atoms with Gasteiger partial charge in [0.05, 0.1) is 20.0 Å². The maximum atomic E-state index is 12.8. The van der Waals surface area contributed by atoms with Crippen molar-refractivity contribution in [1.29, 1.82) is 0 Å². The molecule has 0 unspecified atom stereocenters. The third-order valence-electron chi connectivity index (χ3n) is 2.21. The van der Waals surface area contributed by atoms with E-state index in [1.807, 2.05) is 0 Å². The van der Waals surface area contributed by atoms with Crippen molar-refractivity contribution in [2.24, 2.45) is 0 Å². The Morgan fingerprint density at radius 3 is 2.11 bits per heavy atom. The summed E-state index contributed by atoms with van der Waals surface area (Å²) in [7, 11) is 3.75. The summed E-state index contributed by atoms with van der Waals surface area (Å²) in [4.78, 5) is 0. The van der Waals surface area contributed by atoms with Crippen LogP contribution in [0.15, 0.2) is 12.1 Å². The fourth-order valence-electron chi connectivity index (χ4n) is 1.45. The molecule has 4 nitrogen and oxygen atoms in total. The van der Waals surface area contributed by atoms with Crippen LogP contribution in [0.3, 0.4) is 0 Å². The van der Waals surface area contributed by atoms with Gasteiger partial charge in [0, 0.05) is 16.2 Å². The fourth-order valence-corrected chi connectivity index (χ4v) is 2.42. The van der Waals surface area contributed by atoms with E-state index in [1.165, 1.54) is 20.3 Å². The number of methoxy groups -OCH3 is 2. The fraction of sp³-hybridized carbons (Fsp3) is 0.400. The molecule has 0 heterocycles. The van der Waals surface area contributed by atoms with E-state index in [1.54, 1.807) is 0 Å². The van der Waals surface area contributed by atoms with Crippen LogP contribution in [0.4, 0.5) is 8.78 Å². The van der Waals surface area contributed by atoms with Gasteiger partial charge < -0.3 is 9.47 Å². The molecule has 0 spiro atoms. The standard InChI is InChI=1S/C10H11ClF2O4S/c1-16-8-3-6(5-18(11,14)15)7(10(12)13)4-9(8)17-2/h3-4,10H,5H2,1-2H3. The van der Waals surface area contributed by atoms with Gasteiger partial charge in [-0.05, 0) is 17.7 Å². The van der Waals surface area contributed by atoms with Crippen molar-refractivity contribution in [3.63, 3.8) is 0 Å². The number of rotatable bonds is 5. The quantitative estimate of drug-likeness (QED) is 0.785. The van der Waals surface area contributed by atoms with Crippen molar-refractivity contribution in [3.05, 3.63) is 23.3 Å². The third kappa shape index (κ3) is 3.71. The highest BCUT2D eigenvalue weighted by molar-refractivity contribution is 8.13. The lowest BCUT2D eigenvalue weighted by atomic mass is 10.1. The summed E-state index contributed by atoms with van der Waals surface area (Å²) in [5.74, 6) is -0.435. The van der Waals surface area contributed by atoms with Gasteiger partial charge in [-0.15, -0.1) is 0 Å². The predicted molar refractivity (Wildman–Crippen MR) is 63.0 cm³/mol. The first-order valence-corrected chi connectivity index (χ1v) is 7.21. The molecule has 0 N–H and O–H groups in total. The van der Waals surface area contributed by atoms with Gasteiger partial charge in [0.2, 0.25) is 9.05 Å². The van der Waals surface area contributed by atoms with Gasteiger partial charge in [-0.2, -0.15) is 0 Å². The summed E-state index contributed by atoms with van der Waals surface area (Å²) in [6, 6.07) is 2.22. The van der Waals surface area contributed by atoms with Gasteiger partial charge >= 0.3 is 0 Å². The Bertz CT molecular complexity index is 531. The highest BCUT2D eigenvalue weighted by Crippen LogP contribution is 2.36. The van der Waals surface area contributed by atoms with Gasteiger partial charge in [0.1, 0.15) is 0 Å². The number of hydrogen-bond donors (Lipinski definition) is 0. The zero-order valence-electron chi connectivity index (χ0n) is 9.61. The number of benzene rings is 1. The largest absolute Gasteiger partial charge is 0.493 e. The average molecular weight is 301 g/mol. The van der Waals surface area contributed by atoms with Gasteiger partial charge in [-0.3, -0.25) is 0 Å². The van der Waals surface area contributed by atoms with Crippen molar-refractivity contribution in [2.75, 3.05) is 14.2 Å². The van der Waals surface area contributed by atoms with Crippen LogP contribution in [0.1, 0.15) is 17.6 Å². The van der Waals surface area contributed by atoms with E-state index < -0.39 is 26.8 Å². The van der Waals surface area contributed by atoms with E-state index in [4.69, 9.17) is 20.2 Å². The van der Waals surface area contributed by atoms with Crippen LogP contribution in [0.25, 0.3) is 0 Å². The minimum absolute atomic E-state index is 0.100. The normalized spacial score (nSPS) is 11.7. The molecule has 0 aliphatic rings. The maximum Gasteiger partial charge on any atom is 0.264 e. The SMILES string of the molecule is COc1cc(CS(=O)(=O)Cl)c(C(F)F)cc1OC. The summed E-state index contributed by atoms with van der Waals surface area (Å²) in [5, 5.41) is 0. The van der Waals surface area contributed by atoms with E-state index in [2.05, 4.69) is 0 Å². The molecule has 1 rings (SSSR count). The number of hydrogen-bond acceptors (Lipinski definition) is 4. The van der Waals surface area contributed by atoms with Gasteiger partial charge in [0.15, 0.2) is 11.5 Å². The molecule has 0 fully saturated rings. The molecule has 0 aromatic heterocycles. The van der Waals surface area contributed by atoms with Crippen molar-refractivity contribution >= 4 is 19.7 Å². The molecule has 0 aliphatic carbocycles. The Labute approximate surface area is 108 Å². The zero-order chi connectivity index (χ0) is 13.9. The molecule has 0 radical (unpaired) electrons.